The van der Waals surface area contributed by atoms with Crippen LogP contribution in [0.3, 0.4) is 0 Å². The molecule has 0 radical (unpaired) electrons. The molecule has 0 aromatic carbocycles. The molecule has 14 heteroatoms. The van der Waals surface area contributed by atoms with Gasteiger partial charge in [-0.1, -0.05) is 26.7 Å². The molecular weight excluding hydrogens is 502 g/mol. The normalized spacial score (nSPS) is 23.8. The minimum Gasteiger partial charge on any atom is -0.457 e. The van der Waals surface area contributed by atoms with Crippen LogP contribution in [0.4, 0.5) is 5.95 Å². The molecular formula is C23H35N7O6S. The molecule has 1 fully saturated rings. The predicted molar refractivity (Wildman–Crippen MR) is 138 cm³/mol. The summed E-state index contributed by atoms with van der Waals surface area (Å²) in [4.78, 5) is 46.3. The SMILES string of the molecule is CCCCNC1(NCCCC)Nc2nc3c(ncn3[C@@H]3S[C@H](CO)[C@@H](OC(C)=O)[C@H]3OC(C)=O)c(=O)n21. The van der Waals surface area contributed by atoms with Crippen LogP contribution in [-0.4, -0.2) is 73.3 Å². The van der Waals surface area contributed by atoms with Crippen LogP contribution in [0.5, 0.6) is 0 Å². The molecule has 0 bridgehead atoms. The van der Waals surface area contributed by atoms with Gasteiger partial charge in [0.05, 0.1) is 18.2 Å². The molecule has 1 saturated heterocycles. The Morgan fingerprint density at radius 2 is 1.76 bits per heavy atom. The van der Waals surface area contributed by atoms with Crippen LogP contribution in [0.15, 0.2) is 11.1 Å². The number of nitrogens with one attached hydrogen (secondary N) is 3. The van der Waals surface area contributed by atoms with Crippen molar-refractivity contribution in [1.82, 2.24) is 29.7 Å². The number of hydrogen-bond donors (Lipinski definition) is 4. The molecule has 4 heterocycles. The number of carbonyl (C=O) groups excluding carboxylic acids is 2. The molecule has 4 rings (SSSR count). The first-order valence-corrected chi connectivity index (χ1v) is 13.6. The van der Waals surface area contributed by atoms with E-state index in [4.69, 9.17) is 9.47 Å². The van der Waals surface area contributed by atoms with Crippen LogP contribution in [-0.2, 0) is 25.0 Å². The predicted octanol–water partition coefficient (Wildman–Crippen LogP) is 0.835. The monoisotopic (exact) mass is 537 g/mol. The van der Waals surface area contributed by atoms with Gasteiger partial charge in [-0.25, -0.2) is 9.55 Å². The fourth-order valence-corrected chi connectivity index (χ4v) is 6.11. The van der Waals surface area contributed by atoms with Crippen molar-refractivity contribution in [3.05, 3.63) is 16.7 Å². The molecule has 13 nitrogen and oxygen atoms in total. The molecule has 0 amide bonds. The van der Waals surface area contributed by atoms with Crippen molar-refractivity contribution in [3.63, 3.8) is 0 Å². The molecule has 2 aliphatic rings. The van der Waals surface area contributed by atoms with E-state index < -0.39 is 40.7 Å². The molecule has 37 heavy (non-hydrogen) atoms. The number of imidazole rings is 1. The summed E-state index contributed by atoms with van der Waals surface area (Å²) >= 11 is 1.27. The van der Waals surface area contributed by atoms with Gasteiger partial charge in [0.2, 0.25) is 11.9 Å². The number of aromatic nitrogens is 4. The van der Waals surface area contributed by atoms with E-state index >= 15 is 0 Å². The van der Waals surface area contributed by atoms with E-state index in [2.05, 4.69) is 39.8 Å². The number of anilines is 1. The molecule has 4 N–H and O–H groups in total. The molecule has 2 aromatic heterocycles. The molecule has 204 valence electrons. The second-order valence-corrected chi connectivity index (χ2v) is 10.6. The smallest absolute Gasteiger partial charge is 0.303 e. The summed E-state index contributed by atoms with van der Waals surface area (Å²) in [6.45, 7) is 7.82. The zero-order chi connectivity index (χ0) is 26.7. The lowest BCUT2D eigenvalue weighted by atomic mass is 10.1. The maximum absolute atomic E-state index is 13.6. The highest BCUT2D eigenvalue weighted by Gasteiger charge is 2.50. The summed E-state index contributed by atoms with van der Waals surface area (Å²) < 4.78 is 14.1. The number of aliphatic hydroxyl groups is 1. The van der Waals surface area contributed by atoms with Gasteiger partial charge in [0.25, 0.3) is 5.56 Å². The van der Waals surface area contributed by atoms with Crippen LogP contribution in [0.25, 0.3) is 11.2 Å². The summed E-state index contributed by atoms with van der Waals surface area (Å²) in [7, 11) is 0. The zero-order valence-corrected chi connectivity index (χ0v) is 22.3. The average molecular weight is 538 g/mol. The topological polar surface area (TPSA) is 162 Å². The number of aliphatic hydroxyl groups excluding tert-OH is 1. The van der Waals surface area contributed by atoms with E-state index in [1.807, 2.05) is 0 Å². The average Bonchev–Trinajstić information content (AvgIpc) is 3.39. The quantitative estimate of drug-likeness (QED) is 0.172. The molecule has 0 aliphatic carbocycles. The van der Waals surface area contributed by atoms with Crippen LogP contribution in [0.2, 0.25) is 0 Å². The summed E-state index contributed by atoms with van der Waals surface area (Å²) in [5, 5.41) is 18.9. The van der Waals surface area contributed by atoms with Crippen LogP contribution in [0.1, 0.15) is 58.8 Å². The maximum Gasteiger partial charge on any atom is 0.303 e. The first-order chi connectivity index (χ1) is 17.8. The molecule has 0 saturated carbocycles. The lowest BCUT2D eigenvalue weighted by Gasteiger charge is -2.46. The minimum atomic E-state index is -0.952. The van der Waals surface area contributed by atoms with E-state index in [0.29, 0.717) is 24.7 Å². The Kier molecular flexibility index (Phi) is 8.41. The first kappa shape index (κ1) is 27.4. The standard InChI is InChI=1S/C23H35N7O6S/c1-5-7-9-25-23(26-10-8-6-2)28-22-27-19-16(20(34)30(22)23)24-12-29(19)21-18(36-14(4)33)17(35-13(3)32)15(11-31)37-21/h12,15,17-18,21,25-26,31H,5-11H2,1-4H3,(H,27,28)/t15-,17-,18-,21-/m1/s1. The Labute approximate surface area is 218 Å². The van der Waals surface area contributed by atoms with Gasteiger partial charge in [0.1, 0.15) is 5.37 Å². The Morgan fingerprint density at radius 3 is 2.32 bits per heavy atom. The number of hydrogen-bond acceptors (Lipinski definition) is 12. The van der Waals surface area contributed by atoms with E-state index in [-0.39, 0.29) is 17.7 Å². The third-order valence-electron chi connectivity index (χ3n) is 6.39. The maximum atomic E-state index is 13.6. The van der Waals surface area contributed by atoms with Gasteiger partial charge in [-0.15, -0.1) is 11.8 Å². The number of nitrogens with zero attached hydrogens (tertiary/aromatic N) is 4. The first-order valence-electron chi connectivity index (χ1n) is 12.6. The molecule has 2 aliphatic heterocycles. The molecule has 4 atom stereocenters. The number of unbranched alkanes of at least 4 members (excludes halogenated alkanes) is 2. The van der Waals surface area contributed by atoms with E-state index in [9.17, 15) is 19.5 Å². The van der Waals surface area contributed by atoms with Crippen molar-refractivity contribution in [3.8, 4) is 0 Å². The van der Waals surface area contributed by atoms with Crippen molar-refractivity contribution in [1.29, 1.82) is 0 Å². The summed E-state index contributed by atoms with van der Waals surface area (Å²) in [5.41, 5.74) is 0.130. The van der Waals surface area contributed by atoms with Crippen LogP contribution >= 0.6 is 11.8 Å². The van der Waals surface area contributed by atoms with Gasteiger partial charge in [-0.2, -0.15) is 4.98 Å². The van der Waals surface area contributed by atoms with Gasteiger partial charge in [0.15, 0.2) is 23.4 Å². The zero-order valence-electron chi connectivity index (χ0n) is 21.5. The summed E-state index contributed by atoms with van der Waals surface area (Å²) in [6.07, 6.45) is 3.59. The number of esters is 2. The van der Waals surface area contributed by atoms with Crippen LogP contribution in [0, 0.1) is 0 Å². The summed E-state index contributed by atoms with van der Waals surface area (Å²) in [6, 6.07) is 0. The Balaban J connectivity index is 1.72. The second kappa shape index (κ2) is 11.4. The highest BCUT2D eigenvalue weighted by Crippen LogP contribution is 2.46. The largest absolute Gasteiger partial charge is 0.457 e. The van der Waals surface area contributed by atoms with E-state index in [1.165, 1.54) is 31.9 Å². The summed E-state index contributed by atoms with van der Waals surface area (Å²) in [5.74, 6) is -1.70. The van der Waals surface area contributed by atoms with Crippen molar-refractivity contribution in [2.45, 2.75) is 82.1 Å². The van der Waals surface area contributed by atoms with Crippen molar-refractivity contribution >= 4 is 40.8 Å². The third-order valence-corrected chi connectivity index (χ3v) is 7.93. The van der Waals surface area contributed by atoms with Gasteiger partial charge in [-0.3, -0.25) is 29.6 Å². The van der Waals surface area contributed by atoms with Crippen molar-refractivity contribution in [2.75, 3.05) is 25.0 Å². The van der Waals surface area contributed by atoms with E-state index in [1.54, 1.807) is 9.13 Å². The molecule has 2 aromatic rings. The van der Waals surface area contributed by atoms with Crippen molar-refractivity contribution in [2.24, 2.45) is 0 Å². The molecule has 0 spiro atoms. The van der Waals surface area contributed by atoms with E-state index in [0.717, 1.165) is 25.7 Å². The third kappa shape index (κ3) is 5.19. The number of ether oxygens (including phenoxy) is 2. The van der Waals surface area contributed by atoms with Crippen molar-refractivity contribution < 1.29 is 24.2 Å². The fourth-order valence-electron chi connectivity index (χ4n) is 4.65. The second-order valence-electron chi connectivity index (χ2n) is 9.19. The highest BCUT2D eigenvalue weighted by molar-refractivity contribution is 8.00. The number of fused-ring (bicyclic) bond motifs is 2. The number of thioether (sulfide) groups is 1. The lowest BCUT2D eigenvalue weighted by molar-refractivity contribution is -0.165. The minimum absolute atomic E-state index is 0.155. The fraction of sp³-hybridized carbons (Fsp3) is 0.696. The van der Waals surface area contributed by atoms with Gasteiger partial charge >= 0.3 is 11.9 Å². The Morgan fingerprint density at radius 1 is 1.14 bits per heavy atom. The van der Waals surface area contributed by atoms with Gasteiger partial charge < -0.3 is 19.9 Å². The van der Waals surface area contributed by atoms with Gasteiger partial charge in [0, 0.05) is 26.9 Å². The van der Waals surface area contributed by atoms with Gasteiger partial charge in [-0.05, 0) is 12.8 Å². The van der Waals surface area contributed by atoms with Crippen LogP contribution < -0.4 is 21.5 Å². The number of rotatable bonds is 12. The lowest BCUT2D eigenvalue weighted by Crippen LogP contribution is -2.73. The Hall–Kier alpha value is -2.68. The molecule has 0 unspecified atom stereocenters. The number of carbonyl (C=O) groups is 2. The highest BCUT2D eigenvalue weighted by atomic mass is 32.2. The Bertz CT molecular complexity index is 1190.